The van der Waals surface area contributed by atoms with Gasteiger partial charge in [-0.1, -0.05) is 13.3 Å². The van der Waals surface area contributed by atoms with Gasteiger partial charge in [-0.2, -0.15) is 0 Å². The summed E-state index contributed by atoms with van der Waals surface area (Å²) in [6, 6.07) is 0. The molecule has 0 bridgehead atoms. The summed E-state index contributed by atoms with van der Waals surface area (Å²) in [5.74, 6) is -0.171. The molecule has 0 aliphatic rings. The van der Waals surface area contributed by atoms with Crippen LogP contribution < -0.4 is 0 Å². The average molecular weight is 334 g/mol. The number of ether oxygens (including phenoxy) is 5. The number of rotatable bonds is 17. The summed E-state index contributed by atoms with van der Waals surface area (Å²) >= 11 is 0. The van der Waals surface area contributed by atoms with E-state index in [4.69, 9.17) is 23.7 Å². The Morgan fingerprint density at radius 1 is 0.739 bits per heavy atom. The SMILES string of the molecule is CCCCOCCOCCOCCOCCCC(=O)OC(C)C. The normalized spacial score (nSPS) is 11.1. The second kappa shape index (κ2) is 17.7. The van der Waals surface area contributed by atoms with Crippen LogP contribution in [0.15, 0.2) is 0 Å². The lowest BCUT2D eigenvalue weighted by Crippen LogP contribution is -2.13. The lowest BCUT2D eigenvalue weighted by Gasteiger charge is -2.08. The molecule has 0 N–H and O–H groups in total. The maximum atomic E-state index is 11.3. The Hall–Kier alpha value is -0.690. The number of carbonyl (C=O) groups excluding carboxylic acids is 1. The first-order valence-corrected chi connectivity index (χ1v) is 8.67. The molecule has 0 radical (unpaired) electrons. The van der Waals surface area contributed by atoms with Crippen LogP contribution in [0.25, 0.3) is 0 Å². The van der Waals surface area contributed by atoms with Crippen molar-refractivity contribution in [2.45, 2.75) is 52.6 Å². The van der Waals surface area contributed by atoms with E-state index in [2.05, 4.69) is 6.92 Å². The third-order valence-corrected chi connectivity index (χ3v) is 2.79. The Morgan fingerprint density at radius 2 is 1.17 bits per heavy atom. The van der Waals surface area contributed by atoms with Gasteiger partial charge in [-0.3, -0.25) is 4.79 Å². The van der Waals surface area contributed by atoms with E-state index in [1.807, 2.05) is 13.8 Å². The molecule has 0 unspecified atom stereocenters. The van der Waals surface area contributed by atoms with E-state index in [1.165, 1.54) is 0 Å². The van der Waals surface area contributed by atoms with Crippen LogP contribution >= 0.6 is 0 Å². The van der Waals surface area contributed by atoms with Gasteiger partial charge < -0.3 is 23.7 Å². The molecule has 0 atom stereocenters. The second-order valence-electron chi connectivity index (χ2n) is 5.45. The third kappa shape index (κ3) is 19.3. The molecule has 0 rings (SSSR count). The van der Waals surface area contributed by atoms with Crippen LogP contribution in [-0.4, -0.2) is 64.9 Å². The summed E-state index contributed by atoms with van der Waals surface area (Å²) in [6.45, 7) is 10.6. The van der Waals surface area contributed by atoms with E-state index in [0.717, 1.165) is 19.4 Å². The predicted octanol–water partition coefficient (Wildman–Crippen LogP) is 2.58. The summed E-state index contributed by atoms with van der Waals surface area (Å²) in [5, 5.41) is 0. The van der Waals surface area contributed by atoms with Gasteiger partial charge in [-0.05, 0) is 26.7 Å². The molecule has 0 aliphatic carbocycles. The second-order valence-corrected chi connectivity index (χ2v) is 5.45. The standard InChI is InChI=1S/C17H34O6/c1-4-5-8-19-10-12-21-14-15-22-13-11-20-9-6-7-17(18)23-16(2)3/h16H,4-15H2,1-3H3. The van der Waals surface area contributed by atoms with Crippen LogP contribution in [0.4, 0.5) is 0 Å². The average Bonchev–Trinajstić information content (AvgIpc) is 2.50. The highest BCUT2D eigenvalue weighted by Gasteiger charge is 2.04. The number of hydrogen-bond donors (Lipinski definition) is 0. The van der Waals surface area contributed by atoms with Crippen LogP contribution in [-0.2, 0) is 28.5 Å². The molecule has 23 heavy (non-hydrogen) atoms. The highest BCUT2D eigenvalue weighted by molar-refractivity contribution is 5.69. The van der Waals surface area contributed by atoms with Crippen molar-refractivity contribution in [3.05, 3.63) is 0 Å². The lowest BCUT2D eigenvalue weighted by molar-refractivity contribution is -0.147. The van der Waals surface area contributed by atoms with Crippen molar-refractivity contribution < 1.29 is 28.5 Å². The molecule has 0 aromatic carbocycles. The summed E-state index contributed by atoms with van der Waals surface area (Å²) in [5.41, 5.74) is 0. The van der Waals surface area contributed by atoms with Crippen molar-refractivity contribution in [2.75, 3.05) is 52.9 Å². The lowest BCUT2D eigenvalue weighted by atomic mass is 10.3. The van der Waals surface area contributed by atoms with E-state index in [9.17, 15) is 4.79 Å². The molecule has 0 aromatic rings. The van der Waals surface area contributed by atoms with Gasteiger partial charge in [0.25, 0.3) is 0 Å². The smallest absolute Gasteiger partial charge is 0.306 e. The zero-order valence-corrected chi connectivity index (χ0v) is 15.0. The summed E-state index contributed by atoms with van der Waals surface area (Å²) in [4.78, 5) is 11.3. The highest BCUT2D eigenvalue weighted by Crippen LogP contribution is 1.97. The first-order valence-electron chi connectivity index (χ1n) is 8.67. The minimum Gasteiger partial charge on any atom is -0.463 e. The molecule has 138 valence electrons. The molecular weight excluding hydrogens is 300 g/mol. The van der Waals surface area contributed by atoms with Gasteiger partial charge in [-0.15, -0.1) is 0 Å². The van der Waals surface area contributed by atoms with E-state index < -0.39 is 0 Å². The fourth-order valence-electron chi connectivity index (χ4n) is 1.65. The molecule has 0 fully saturated rings. The van der Waals surface area contributed by atoms with Crippen LogP contribution in [0, 0.1) is 0 Å². The summed E-state index contributed by atoms with van der Waals surface area (Å²) < 4.78 is 26.5. The van der Waals surface area contributed by atoms with Gasteiger partial charge in [0.05, 0.1) is 45.7 Å². The monoisotopic (exact) mass is 334 g/mol. The molecule has 0 aliphatic heterocycles. The largest absolute Gasteiger partial charge is 0.463 e. The highest BCUT2D eigenvalue weighted by atomic mass is 16.6. The molecule has 0 amide bonds. The number of hydrogen-bond acceptors (Lipinski definition) is 6. The molecule has 6 nitrogen and oxygen atoms in total. The van der Waals surface area contributed by atoms with Crippen LogP contribution in [0.1, 0.15) is 46.5 Å². The Morgan fingerprint density at radius 3 is 1.61 bits per heavy atom. The van der Waals surface area contributed by atoms with E-state index in [1.54, 1.807) is 0 Å². The Balaban J connectivity index is 3.06. The van der Waals surface area contributed by atoms with Gasteiger partial charge >= 0.3 is 5.97 Å². The van der Waals surface area contributed by atoms with Gasteiger partial charge in [0.2, 0.25) is 0 Å². The topological polar surface area (TPSA) is 63.2 Å². The van der Waals surface area contributed by atoms with Crippen LogP contribution in [0.5, 0.6) is 0 Å². The van der Waals surface area contributed by atoms with Crippen molar-refractivity contribution in [1.82, 2.24) is 0 Å². The molecule has 0 heterocycles. The van der Waals surface area contributed by atoms with Gasteiger partial charge in [0, 0.05) is 19.6 Å². The fourth-order valence-corrected chi connectivity index (χ4v) is 1.65. The minimum atomic E-state index is -0.171. The van der Waals surface area contributed by atoms with Crippen molar-refractivity contribution in [3.8, 4) is 0 Å². The Kier molecular flexibility index (Phi) is 17.1. The van der Waals surface area contributed by atoms with Gasteiger partial charge in [0.15, 0.2) is 0 Å². The summed E-state index contributed by atoms with van der Waals surface area (Å²) in [7, 11) is 0. The van der Waals surface area contributed by atoms with Crippen molar-refractivity contribution in [3.63, 3.8) is 0 Å². The molecular formula is C17H34O6. The number of esters is 1. The molecule has 0 spiro atoms. The van der Waals surface area contributed by atoms with E-state index >= 15 is 0 Å². The third-order valence-electron chi connectivity index (χ3n) is 2.79. The quantitative estimate of drug-likeness (QED) is 0.301. The van der Waals surface area contributed by atoms with Gasteiger partial charge in [0.1, 0.15) is 0 Å². The first-order chi connectivity index (χ1) is 11.2. The Bertz CT molecular complexity index is 257. The van der Waals surface area contributed by atoms with Gasteiger partial charge in [-0.25, -0.2) is 0 Å². The van der Waals surface area contributed by atoms with Crippen molar-refractivity contribution in [2.24, 2.45) is 0 Å². The maximum Gasteiger partial charge on any atom is 0.306 e. The molecule has 0 saturated heterocycles. The zero-order chi connectivity index (χ0) is 17.2. The van der Waals surface area contributed by atoms with Crippen LogP contribution in [0.2, 0.25) is 0 Å². The van der Waals surface area contributed by atoms with Crippen molar-refractivity contribution >= 4 is 5.97 Å². The van der Waals surface area contributed by atoms with E-state index in [0.29, 0.717) is 59.1 Å². The predicted molar refractivity (Wildman–Crippen MR) is 88.6 cm³/mol. The van der Waals surface area contributed by atoms with Crippen molar-refractivity contribution in [1.29, 1.82) is 0 Å². The number of carbonyl (C=O) groups is 1. The van der Waals surface area contributed by atoms with E-state index in [-0.39, 0.29) is 12.1 Å². The molecule has 0 saturated carbocycles. The fraction of sp³-hybridized carbons (Fsp3) is 0.941. The molecule has 6 heteroatoms. The minimum absolute atomic E-state index is 0.0538. The molecule has 0 aromatic heterocycles. The Labute approximate surface area is 140 Å². The maximum absolute atomic E-state index is 11.3. The zero-order valence-electron chi connectivity index (χ0n) is 15.0. The van der Waals surface area contributed by atoms with Crippen LogP contribution in [0.3, 0.4) is 0 Å². The number of unbranched alkanes of at least 4 members (excludes halogenated alkanes) is 1. The first kappa shape index (κ1) is 22.3. The summed E-state index contributed by atoms with van der Waals surface area (Å²) in [6.07, 6.45) is 3.27.